The minimum Gasteiger partial charge on any atom is -0.340 e. The molecule has 0 aromatic carbocycles. The van der Waals surface area contributed by atoms with Gasteiger partial charge in [-0.05, 0) is 0 Å². The summed E-state index contributed by atoms with van der Waals surface area (Å²) in [5, 5.41) is 3.40. The zero-order valence-electron chi connectivity index (χ0n) is 6.26. The van der Waals surface area contributed by atoms with Gasteiger partial charge < -0.3 is 5.32 Å². The van der Waals surface area contributed by atoms with Gasteiger partial charge in [-0.1, -0.05) is 0 Å². The highest BCUT2D eigenvalue weighted by Gasteiger charge is 2.03. The van der Waals surface area contributed by atoms with Crippen molar-refractivity contribution in [3.8, 4) is 0 Å². The van der Waals surface area contributed by atoms with Crippen LogP contribution in [0.2, 0.25) is 0 Å². The first kappa shape index (κ1) is 8.74. The fourth-order valence-electron chi connectivity index (χ4n) is 0.287. The van der Waals surface area contributed by atoms with E-state index in [1.165, 1.54) is 21.0 Å². The molecule has 0 spiro atoms. The van der Waals surface area contributed by atoms with Crippen LogP contribution in [-0.4, -0.2) is 31.0 Å². The minimum atomic E-state index is -0.405. The number of carbonyl (C=O) groups excluding carboxylic acids is 2. The van der Waals surface area contributed by atoms with Gasteiger partial charge >= 0.3 is 6.03 Å². The lowest BCUT2D eigenvalue weighted by Gasteiger charge is -2.14. The van der Waals surface area contributed by atoms with E-state index in [9.17, 15) is 9.59 Å². The molecule has 2 N–H and O–H groups in total. The lowest BCUT2D eigenvalue weighted by atomic mass is 10.7. The normalized spacial score (nSPS) is 8.30. The van der Waals surface area contributed by atoms with Crippen molar-refractivity contribution in [2.45, 2.75) is 6.92 Å². The highest BCUT2D eigenvalue weighted by atomic mass is 16.2. The quantitative estimate of drug-likeness (QED) is 0.443. The van der Waals surface area contributed by atoms with E-state index in [-0.39, 0.29) is 5.91 Å². The summed E-state index contributed by atoms with van der Waals surface area (Å²) < 4.78 is 0. The van der Waals surface area contributed by atoms with Gasteiger partial charge in [0.25, 0.3) is 0 Å². The summed E-state index contributed by atoms with van der Waals surface area (Å²) in [5.41, 5.74) is 2.26. The fourth-order valence-corrected chi connectivity index (χ4v) is 0.287. The molecule has 0 bridgehead atoms. The Balaban J connectivity index is 3.68. The molecule has 0 heterocycles. The zero-order valence-corrected chi connectivity index (χ0v) is 6.26. The molecule has 3 amide bonds. The van der Waals surface area contributed by atoms with E-state index < -0.39 is 6.03 Å². The van der Waals surface area contributed by atoms with E-state index in [0.29, 0.717) is 0 Å². The third-order valence-electron chi connectivity index (χ3n) is 0.969. The molecule has 0 radical (unpaired) electrons. The average Bonchev–Trinajstić information content (AvgIpc) is 1.87. The summed E-state index contributed by atoms with van der Waals surface area (Å²) in [7, 11) is 2.95. The maximum Gasteiger partial charge on any atom is 0.333 e. The molecular weight excluding hydrogens is 134 g/mol. The Bertz CT molecular complexity index is 146. The van der Waals surface area contributed by atoms with Crippen LogP contribution in [-0.2, 0) is 4.79 Å². The van der Waals surface area contributed by atoms with Crippen molar-refractivity contribution in [3.63, 3.8) is 0 Å². The molecule has 0 aromatic heterocycles. The van der Waals surface area contributed by atoms with Crippen molar-refractivity contribution < 1.29 is 9.59 Å². The van der Waals surface area contributed by atoms with E-state index >= 15 is 0 Å². The molecule has 0 aliphatic carbocycles. The Morgan fingerprint density at radius 3 is 2.20 bits per heavy atom. The number of rotatable bonds is 0. The van der Waals surface area contributed by atoms with Gasteiger partial charge in [0.15, 0.2) is 0 Å². The van der Waals surface area contributed by atoms with Crippen LogP contribution in [0.15, 0.2) is 0 Å². The van der Waals surface area contributed by atoms with Crippen LogP contribution in [0.25, 0.3) is 0 Å². The molecule has 0 aliphatic heterocycles. The Labute approximate surface area is 59.4 Å². The van der Waals surface area contributed by atoms with Crippen molar-refractivity contribution in [2.75, 3.05) is 14.1 Å². The summed E-state index contributed by atoms with van der Waals surface area (Å²) in [6, 6.07) is -0.405. The molecule has 0 saturated carbocycles. The van der Waals surface area contributed by atoms with Crippen molar-refractivity contribution >= 4 is 11.9 Å². The summed E-state index contributed by atoms with van der Waals surface area (Å²) in [5.74, 6) is -0.219. The third kappa shape index (κ3) is 2.91. The SMILES string of the molecule is CNC(=O)NN(C)C(C)=O. The Kier molecular flexibility index (Phi) is 3.24. The van der Waals surface area contributed by atoms with Crippen LogP contribution < -0.4 is 10.7 Å². The van der Waals surface area contributed by atoms with Gasteiger partial charge in [0, 0.05) is 21.0 Å². The van der Waals surface area contributed by atoms with Gasteiger partial charge in [-0.3, -0.25) is 9.80 Å². The number of amides is 3. The summed E-state index contributed by atoms with van der Waals surface area (Å²) in [4.78, 5) is 21.0. The number of urea groups is 1. The number of nitrogens with zero attached hydrogens (tertiary/aromatic N) is 1. The first-order valence-electron chi connectivity index (χ1n) is 2.80. The van der Waals surface area contributed by atoms with Crippen LogP contribution in [0.5, 0.6) is 0 Å². The predicted molar refractivity (Wildman–Crippen MR) is 36.0 cm³/mol. The van der Waals surface area contributed by atoms with E-state index in [1.54, 1.807) is 0 Å². The topological polar surface area (TPSA) is 61.4 Å². The van der Waals surface area contributed by atoms with Crippen LogP contribution >= 0.6 is 0 Å². The molecule has 0 unspecified atom stereocenters. The van der Waals surface area contributed by atoms with Crippen LogP contribution in [0.4, 0.5) is 4.79 Å². The van der Waals surface area contributed by atoms with E-state index in [0.717, 1.165) is 5.01 Å². The van der Waals surface area contributed by atoms with E-state index in [4.69, 9.17) is 0 Å². The number of hydrogen-bond donors (Lipinski definition) is 2. The van der Waals surface area contributed by atoms with Gasteiger partial charge in [0.1, 0.15) is 0 Å². The Morgan fingerprint density at radius 2 is 1.90 bits per heavy atom. The molecule has 0 rings (SSSR count). The number of hydrazine groups is 1. The smallest absolute Gasteiger partial charge is 0.333 e. The first-order valence-corrected chi connectivity index (χ1v) is 2.80. The van der Waals surface area contributed by atoms with Gasteiger partial charge in [-0.25, -0.2) is 10.2 Å². The van der Waals surface area contributed by atoms with Gasteiger partial charge in [0.2, 0.25) is 5.91 Å². The molecule has 58 valence electrons. The Morgan fingerprint density at radius 1 is 1.40 bits per heavy atom. The maximum absolute atomic E-state index is 10.5. The summed E-state index contributed by atoms with van der Waals surface area (Å²) in [6.45, 7) is 1.36. The van der Waals surface area contributed by atoms with Gasteiger partial charge in [-0.15, -0.1) is 0 Å². The summed E-state index contributed by atoms with van der Waals surface area (Å²) in [6.07, 6.45) is 0. The molecule has 0 aliphatic rings. The van der Waals surface area contributed by atoms with Crippen LogP contribution in [0.3, 0.4) is 0 Å². The second kappa shape index (κ2) is 3.71. The second-order valence-corrected chi connectivity index (χ2v) is 1.77. The van der Waals surface area contributed by atoms with E-state index in [1.807, 2.05) is 0 Å². The van der Waals surface area contributed by atoms with Crippen molar-refractivity contribution in [1.82, 2.24) is 15.8 Å². The zero-order chi connectivity index (χ0) is 8.15. The van der Waals surface area contributed by atoms with Crippen LogP contribution in [0, 0.1) is 0 Å². The molecular formula is C5H11N3O2. The third-order valence-corrected chi connectivity index (χ3v) is 0.969. The first-order chi connectivity index (χ1) is 4.57. The van der Waals surface area contributed by atoms with Crippen molar-refractivity contribution in [3.05, 3.63) is 0 Å². The lowest BCUT2D eigenvalue weighted by molar-refractivity contribution is -0.129. The molecule has 0 fully saturated rings. The Hall–Kier alpha value is -1.26. The standard InChI is InChI=1S/C5H11N3O2/c1-4(9)8(3)7-5(10)6-2/h1-3H3,(H2,6,7,10). The number of carbonyl (C=O) groups is 2. The molecule has 0 aromatic rings. The van der Waals surface area contributed by atoms with Crippen molar-refractivity contribution in [1.29, 1.82) is 0 Å². The molecule has 0 saturated heterocycles. The van der Waals surface area contributed by atoms with E-state index in [2.05, 4.69) is 10.7 Å². The summed E-state index contributed by atoms with van der Waals surface area (Å²) >= 11 is 0. The van der Waals surface area contributed by atoms with Crippen molar-refractivity contribution in [2.24, 2.45) is 0 Å². The molecule has 5 heteroatoms. The maximum atomic E-state index is 10.5. The molecule has 0 atom stereocenters. The molecule has 5 nitrogen and oxygen atoms in total. The van der Waals surface area contributed by atoms with Gasteiger partial charge in [-0.2, -0.15) is 0 Å². The second-order valence-electron chi connectivity index (χ2n) is 1.77. The minimum absolute atomic E-state index is 0.219. The highest BCUT2D eigenvalue weighted by molar-refractivity contribution is 5.79. The van der Waals surface area contributed by atoms with Gasteiger partial charge in [0.05, 0.1) is 0 Å². The monoisotopic (exact) mass is 145 g/mol. The highest BCUT2D eigenvalue weighted by Crippen LogP contribution is 1.74. The lowest BCUT2D eigenvalue weighted by Crippen LogP contribution is -2.46. The predicted octanol–water partition coefficient (Wildman–Crippen LogP) is -0.691. The fraction of sp³-hybridized carbons (Fsp3) is 0.600. The number of hydrogen-bond acceptors (Lipinski definition) is 2. The largest absolute Gasteiger partial charge is 0.340 e. The molecule has 10 heavy (non-hydrogen) atoms. The number of nitrogens with one attached hydrogen (secondary N) is 2. The van der Waals surface area contributed by atoms with Crippen LogP contribution in [0.1, 0.15) is 6.92 Å². The average molecular weight is 145 g/mol.